The first-order valence-electron chi connectivity index (χ1n) is 16.4. The molecule has 8 rings (SSSR count). The molecule has 0 saturated carbocycles. The molecule has 46 heavy (non-hydrogen) atoms. The van der Waals surface area contributed by atoms with Crippen molar-refractivity contribution < 1.29 is 9.13 Å². The van der Waals surface area contributed by atoms with E-state index >= 15 is 0 Å². The summed E-state index contributed by atoms with van der Waals surface area (Å²) in [6, 6.07) is 31.6. The molecule has 6 aromatic rings. The standard InChI is InChI=1S/C42H38N2S2/c1-3-35-15-17-37-13-11-33(39(5-1)41(35)37)9-7-31-19-23-43(24-20-31)27-29-45-46-30-28-44-25-21-32(22-26-44)8-10-34-12-14-38-18-16-36-4-2-6-40(34)42(36)38/h1-14,19-26H,15-18,27-30H2/q+2. The van der Waals surface area contributed by atoms with Crippen LogP contribution in [0.3, 0.4) is 0 Å². The molecule has 2 aromatic heterocycles. The number of benzene rings is 4. The maximum absolute atomic E-state index is 2.32. The van der Waals surface area contributed by atoms with Crippen LogP contribution in [0, 0.1) is 0 Å². The summed E-state index contributed by atoms with van der Waals surface area (Å²) in [6.45, 7) is 2.04. The van der Waals surface area contributed by atoms with Gasteiger partial charge in [-0.25, -0.2) is 9.13 Å². The number of hydrogen-bond donors (Lipinski definition) is 0. The first kappa shape index (κ1) is 29.3. The Morgan fingerprint density at radius 2 is 0.870 bits per heavy atom. The van der Waals surface area contributed by atoms with Crippen LogP contribution in [0.15, 0.2) is 110 Å². The van der Waals surface area contributed by atoms with Gasteiger partial charge in [-0.3, -0.25) is 0 Å². The van der Waals surface area contributed by atoms with Gasteiger partial charge in [-0.1, -0.05) is 107 Å². The van der Waals surface area contributed by atoms with Crippen LogP contribution < -0.4 is 9.13 Å². The fourth-order valence-corrected chi connectivity index (χ4v) is 9.02. The number of nitrogens with zero attached hydrogens (tertiary/aromatic N) is 2. The smallest absolute Gasteiger partial charge is 0.169 e. The van der Waals surface area contributed by atoms with E-state index in [-0.39, 0.29) is 0 Å². The molecule has 2 aliphatic rings. The van der Waals surface area contributed by atoms with Crippen LogP contribution in [0.2, 0.25) is 0 Å². The van der Waals surface area contributed by atoms with Crippen molar-refractivity contribution in [3.05, 3.63) is 154 Å². The van der Waals surface area contributed by atoms with Gasteiger partial charge in [0.25, 0.3) is 0 Å². The SMILES string of the molecule is C(=Cc1ccc2c3c(cccc13)CC2)c1cc[n+](CCSSCC[n+]2ccc(C=Cc3ccc4c5c(cccc35)CC4)cc2)cc1. The van der Waals surface area contributed by atoms with E-state index in [9.17, 15) is 0 Å². The molecular formula is C42H38N2S2+2. The molecule has 0 N–H and O–H groups in total. The number of aryl methyl sites for hydroxylation is 6. The zero-order chi connectivity index (χ0) is 30.7. The van der Waals surface area contributed by atoms with Gasteiger partial charge >= 0.3 is 0 Å². The van der Waals surface area contributed by atoms with Crippen LogP contribution in [-0.2, 0) is 38.8 Å². The lowest BCUT2D eigenvalue weighted by Crippen LogP contribution is -2.34. The van der Waals surface area contributed by atoms with Crippen LogP contribution >= 0.6 is 21.6 Å². The normalized spacial score (nSPS) is 13.7. The van der Waals surface area contributed by atoms with Gasteiger partial charge in [0.2, 0.25) is 0 Å². The Hall–Kier alpha value is -4.12. The molecule has 226 valence electrons. The highest BCUT2D eigenvalue weighted by molar-refractivity contribution is 8.76. The quantitative estimate of drug-likeness (QED) is 0.0798. The first-order valence-corrected chi connectivity index (χ1v) is 18.9. The maximum Gasteiger partial charge on any atom is 0.169 e. The number of pyridine rings is 2. The van der Waals surface area contributed by atoms with Gasteiger partial charge in [-0.2, -0.15) is 0 Å². The lowest BCUT2D eigenvalue weighted by atomic mass is 9.99. The molecule has 0 saturated heterocycles. The number of rotatable bonds is 11. The second kappa shape index (κ2) is 13.3. The van der Waals surface area contributed by atoms with Crippen molar-refractivity contribution in [1.29, 1.82) is 0 Å². The molecule has 4 aromatic carbocycles. The molecular weight excluding hydrogens is 597 g/mol. The van der Waals surface area contributed by atoms with Crippen LogP contribution in [0.5, 0.6) is 0 Å². The molecule has 0 aliphatic heterocycles. The second-order valence-electron chi connectivity index (χ2n) is 12.4. The average molecular weight is 635 g/mol. The number of hydrogen-bond acceptors (Lipinski definition) is 2. The monoisotopic (exact) mass is 634 g/mol. The Morgan fingerprint density at radius 3 is 1.30 bits per heavy atom. The predicted molar refractivity (Wildman–Crippen MR) is 199 cm³/mol. The highest BCUT2D eigenvalue weighted by Crippen LogP contribution is 2.34. The predicted octanol–water partition coefficient (Wildman–Crippen LogP) is 9.19. The largest absolute Gasteiger partial charge is 0.204 e. The Labute approximate surface area is 279 Å². The van der Waals surface area contributed by atoms with E-state index in [4.69, 9.17) is 0 Å². The van der Waals surface area contributed by atoms with Crippen LogP contribution in [0.4, 0.5) is 0 Å². The summed E-state index contributed by atoms with van der Waals surface area (Å²) in [5.74, 6) is 2.19. The van der Waals surface area contributed by atoms with Crippen molar-refractivity contribution in [3.63, 3.8) is 0 Å². The molecule has 0 atom stereocenters. The summed E-state index contributed by atoms with van der Waals surface area (Å²) in [4.78, 5) is 0. The zero-order valence-electron chi connectivity index (χ0n) is 26.1. The van der Waals surface area contributed by atoms with Crippen molar-refractivity contribution in [3.8, 4) is 0 Å². The molecule has 0 amide bonds. The zero-order valence-corrected chi connectivity index (χ0v) is 27.7. The van der Waals surface area contributed by atoms with Gasteiger partial charge in [0.05, 0.1) is 11.5 Å². The molecule has 4 heteroatoms. The average Bonchev–Trinajstić information content (AvgIpc) is 3.73. The summed E-state index contributed by atoms with van der Waals surface area (Å²) >= 11 is 0. The fraction of sp³-hybridized carbons (Fsp3) is 0.190. The summed E-state index contributed by atoms with van der Waals surface area (Å²) < 4.78 is 4.57. The molecule has 0 radical (unpaired) electrons. The van der Waals surface area contributed by atoms with Crippen molar-refractivity contribution in [2.45, 2.75) is 38.8 Å². The Morgan fingerprint density at radius 1 is 0.457 bits per heavy atom. The van der Waals surface area contributed by atoms with Gasteiger partial charge in [0.1, 0.15) is 0 Å². The van der Waals surface area contributed by atoms with Crippen LogP contribution in [0.25, 0.3) is 45.8 Å². The van der Waals surface area contributed by atoms with Gasteiger partial charge < -0.3 is 0 Å². The van der Waals surface area contributed by atoms with Gasteiger partial charge in [0, 0.05) is 24.3 Å². The minimum absolute atomic E-state index is 1.02. The first-order chi connectivity index (χ1) is 22.8. The van der Waals surface area contributed by atoms with Crippen LogP contribution in [-0.4, -0.2) is 11.5 Å². The van der Waals surface area contributed by atoms with Crippen molar-refractivity contribution in [1.82, 2.24) is 0 Å². The fourth-order valence-electron chi connectivity index (χ4n) is 7.06. The summed E-state index contributed by atoms with van der Waals surface area (Å²) in [5.41, 5.74) is 11.1. The van der Waals surface area contributed by atoms with E-state index in [1.807, 2.05) is 21.6 Å². The Balaban J connectivity index is 0.781. The minimum atomic E-state index is 1.02. The Bertz CT molecular complexity index is 1920. The third-order valence-electron chi connectivity index (χ3n) is 9.51. The third-order valence-corrected chi connectivity index (χ3v) is 11.9. The van der Waals surface area contributed by atoms with Crippen molar-refractivity contribution in [2.24, 2.45) is 0 Å². The van der Waals surface area contributed by atoms with Crippen molar-refractivity contribution >= 4 is 67.4 Å². The maximum atomic E-state index is 2.32. The third kappa shape index (κ3) is 6.17. The minimum Gasteiger partial charge on any atom is -0.204 e. The summed E-state index contributed by atoms with van der Waals surface area (Å²) in [7, 11) is 3.92. The molecule has 0 unspecified atom stereocenters. The van der Waals surface area contributed by atoms with Crippen molar-refractivity contribution in [2.75, 3.05) is 11.5 Å². The molecule has 2 aliphatic carbocycles. The van der Waals surface area contributed by atoms with E-state index in [2.05, 4.69) is 143 Å². The van der Waals surface area contributed by atoms with Crippen LogP contribution in [0.1, 0.15) is 44.5 Å². The second-order valence-corrected chi connectivity index (χ2v) is 15.1. The lowest BCUT2D eigenvalue weighted by Gasteiger charge is -2.05. The molecule has 2 nitrogen and oxygen atoms in total. The highest BCUT2D eigenvalue weighted by atomic mass is 33.1. The summed E-state index contributed by atoms with van der Waals surface area (Å²) in [5, 5.41) is 5.73. The highest BCUT2D eigenvalue weighted by Gasteiger charge is 2.16. The molecule has 2 heterocycles. The molecule has 0 spiro atoms. The summed E-state index contributed by atoms with van der Waals surface area (Å²) in [6.07, 6.45) is 22.5. The van der Waals surface area contributed by atoms with Gasteiger partial charge in [-0.05, 0) is 91.7 Å². The number of aromatic nitrogens is 2. The van der Waals surface area contributed by atoms with E-state index < -0.39 is 0 Å². The van der Waals surface area contributed by atoms with Gasteiger partial charge in [0.15, 0.2) is 37.9 Å². The Kier molecular flexibility index (Phi) is 8.48. The molecule has 0 fully saturated rings. The topological polar surface area (TPSA) is 7.76 Å². The van der Waals surface area contributed by atoms with Gasteiger partial charge in [-0.15, -0.1) is 0 Å². The van der Waals surface area contributed by atoms with E-state index in [0.29, 0.717) is 0 Å². The van der Waals surface area contributed by atoms with E-state index in [1.54, 1.807) is 0 Å². The van der Waals surface area contributed by atoms with E-state index in [0.717, 1.165) is 24.6 Å². The molecule has 0 bridgehead atoms. The van der Waals surface area contributed by atoms with E-state index in [1.165, 1.54) is 91.7 Å². The lowest BCUT2D eigenvalue weighted by molar-refractivity contribution is -0.692.